The Kier molecular flexibility index (Phi) is 6.55. The van der Waals surface area contributed by atoms with E-state index in [-0.39, 0.29) is 12.2 Å². The number of nitrogens with one attached hydrogen (secondary N) is 2. The highest BCUT2D eigenvalue weighted by Crippen LogP contribution is 2.36. The lowest BCUT2D eigenvalue weighted by atomic mass is 10.1. The van der Waals surface area contributed by atoms with E-state index in [4.69, 9.17) is 10.00 Å². The maximum atomic E-state index is 13.3. The fraction of sp³-hybridized carbons (Fsp3) is 0.286. The Morgan fingerprint density at radius 3 is 2.34 bits per heavy atom. The van der Waals surface area contributed by atoms with Crippen molar-refractivity contribution in [2.45, 2.75) is 25.4 Å². The highest BCUT2D eigenvalue weighted by molar-refractivity contribution is 5.95. The number of carbonyl (C=O) groups is 2. The largest absolute Gasteiger partial charge is 0.453 e. The molecule has 168 valence electrons. The van der Waals surface area contributed by atoms with E-state index in [1.807, 2.05) is 0 Å². The van der Waals surface area contributed by atoms with Crippen molar-refractivity contribution in [1.82, 2.24) is 0 Å². The summed E-state index contributed by atoms with van der Waals surface area (Å²) in [5.41, 5.74) is -0.421. The molecule has 2 aromatic rings. The molecule has 0 aromatic heterocycles. The van der Waals surface area contributed by atoms with Gasteiger partial charge in [0.25, 0.3) is 5.91 Å². The van der Waals surface area contributed by atoms with Crippen LogP contribution in [0.5, 0.6) is 0 Å². The molecular formula is C21H19F3N4O4. The first-order chi connectivity index (χ1) is 15.1. The van der Waals surface area contributed by atoms with Gasteiger partial charge in [0, 0.05) is 17.1 Å². The van der Waals surface area contributed by atoms with Crippen LogP contribution in [0.2, 0.25) is 0 Å². The van der Waals surface area contributed by atoms with Gasteiger partial charge < -0.3 is 19.7 Å². The molecule has 2 amide bonds. The molecule has 0 saturated carbocycles. The number of ether oxygens (including phenoxy) is 2. The van der Waals surface area contributed by atoms with Crippen molar-refractivity contribution in [3.8, 4) is 6.07 Å². The van der Waals surface area contributed by atoms with Crippen LogP contribution < -0.4 is 15.5 Å². The van der Waals surface area contributed by atoms with E-state index in [9.17, 15) is 22.8 Å². The minimum atomic E-state index is -4.68. The van der Waals surface area contributed by atoms with Crippen LogP contribution in [0, 0.1) is 11.3 Å². The van der Waals surface area contributed by atoms with Gasteiger partial charge in [-0.25, -0.2) is 4.79 Å². The minimum Gasteiger partial charge on any atom is -0.453 e. The SMILES string of the molecule is COC(=O)Nc1ccc(NC(=O)[C@@H]2CN(c3ccc(C#N)c(C(F)(F)F)c3)[C@@H](C)O2)cc1. The molecule has 2 N–H and O–H groups in total. The zero-order valence-electron chi connectivity index (χ0n) is 17.1. The number of hydrogen-bond acceptors (Lipinski definition) is 6. The molecule has 32 heavy (non-hydrogen) atoms. The second-order valence-corrected chi connectivity index (χ2v) is 6.90. The summed E-state index contributed by atoms with van der Waals surface area (Å²) in [5.74, 6) is -0.474. The summed E-state index contributed by atoms with van der Waals surface area (Å²) in [5, 5.41) is 14.1. The van der Waals surface area contributed by atoms with Crippen molar-refractivity contribution in [1.29, 1.82) is 5.26 Å². The molecule has 11 heteroatoms. The lowest BCUT2D eigenvalue weighted by molar-refractivity contribution is -0.137. The Labute approximate surface area is 181 Å². The first kappa shape index (κ1) is 22.9. The van der Waals surface area contributed by atoms with Crippen LogP contribution in [-0.2, 0) is 20.4 Å². The summed E-state index contributed by atoms with van der Waals surface area (Å²) in [6, 6.07) is 11.2. The molecule has 1 heterocycles. The van der Waals surface area contributed by atoms with E-state index in [1.165, 1.54) is 24.1 Å². The summed E-state index contributed by atoms with van der Waals surface area (Å²) in [6.07, 6.45) is -6.91. The van der Waals surface area contributed by atoms with Crippen molar-refractivity contribution in [3.05, 3.63) is 53.6 Å². The van der Waals surface area contributed by atoms with Crippen molar-refractivity contribution >= 4 is 29.1 Å². The predicted octanol–water partition coefficient (Wildman–Crippen LogP) is 3.95. The van der Waals surface area contributed by atoms with Crippen molar-refractivity contribution in [2.24, 2.45) is 0 Å². The number of rotatable bonds is 4. The van der Waals surface area contributed by atoms with Gasteiger partial charge in [0.15, 0.2) is 6.10 Å². The molecule has 0 radical (unpaired) electrons. The standard InChI is InChI=1S/C21H19F3N4O4/c1-12-28(16-8-3-13(10-25)17(9-16)21(22,23)24)11-18(32-12)19(29)26-14-4-6-15(7-5-14)27-20(30)31-2/h3-9,12,18H,11H2,1-2H3,(H,26,29)(H,27,30)/t12-,18+/m1/s1. The normalized spacial score (nSPS) is 18.1. The zero-order chi connectivity index (χ0) is 23.5. The average molecular weight is 448 g/mol. The third-order valence-electron chi connectivity index (χ3n) is 4.80. The predicted molar refractivity (Wildman–Crippen MR) is 109 cm³/mol. The van der Waals surface area contributed by atoms with Crippen LogP contribution in [0.3, 0.4) is 0 Å². The van der Waals surface area contributed by atoms with Crippen molar-refractivity contribution in [2.75, 3.05) is 29.2 Å². The number of carbonyl (C=O) groups excluding carboxylic acids is 2. The van der Waals surface area contributed by atoms with Gasteiger partial charge in [0.1, 0.15) is 6.23 Å². The quantitative estimate of drug-likeness (QED) is 0.734. The molecule has 1 aliphatic rings. The van der Waals surface area contributed by atoms with Gasteiger partial charge in [-0.1, -0.05) is 0 Å². The lowest BCUT2D eigenvalue weighted by Gasteiger charge is -2.23. The smallest absolute Gasteiger partial charge is 0.417 e. The molecule has 0 spiro atoms. The molecule has 3 rings (SSSR count). The molecule has 0 aliphatic carbocycles. The summed E-state index contributed by atoms with van der Waals surface area (Å²) >= 11 is 0. The van der Waals surface area contributed by atoms with Crippen LogP contribution in [-0.4, -0.2) is 38.0 Å². The van der Waals surface area contributed by atoms with Crippen LogP contribution in [0.15, 0.2) is 42.5 Å². The fourth-order valence-electron chi connectivity index (χ4n) is 3.21. The Bertz CT molecular complexity index is 1050. The Balaban J connectivity index is 1.69. The van der Waals surface area contributed by atoms with E-state index in [0.29, 0.717) is 11.4 Å². The summed E-state index contributed by atoms with van der Waals surface area (Å²) in [4.78, 5) is 25.3. The minimum absolute atomic E-state index is 0.0260. The van der Waals surface area contributed by atoms with Gasteiger partial charge in [-0.15, -0.1) is 0 Å². The molecule has 1 fully saturated rings. The molecule has 2 aromatic carbocycles. The molecule has 0 unspecified atom stereocenters. The number of alkyl halides is 3. The van der Waals surface area contributed by atoms with Crippen LogP contribution in [0.1, 0.15) is 18.1 Å². The fourth-order valence-corrected chi connectivity index (χ4v) is 3.21. The number of halogens is 3. The highest BCUT2D eigenvalue weighted by atomic mass is 19.4. The number of anilines is 3. The van der Waals surface area contributed by atoms with Gasteiger partial charge in [-0.05, 0) is 49.4 Å². The molecule has 1 aliphatic heterocycles. The first-order valence-electron chi connectivity index (χ1n) is 9.41. The first-order valence-corrected chi connectivity index (χ1v) is 9.41. The Morgan fingerprint density at radius 1 is 1.16 bits per heavy atom. The number of nitriles is 1. The Morgan fingerprint density at radius 2 is 1.78 bits per heavy atom. The van der Waals surface area contributed by atoms with Crippen molar-refractivity contribution in [3.63, 3.8) is 0 Å². The van der Waals surface area contributed by atoms with E-state index >= 15 is 0 Å². The molecule has 8 nitrogen and oxygen atoms in total. The number of amides is 2. The summed E-state index contributed by atoms with van der Waals surface area (Å²) in [6.45, 7) is 1.64. The average Bonchev–Trinajstić information content (AvgIpc) is 3.15. The van der Waals surface area contributed by atoms with E-state index < -0.39 is 41.6 Å². The molecule has 2 atom stereocenters. The monoisotopic (exact) mass is 448 g/mol. The van der Waals surface area contributed by atoms with E-state index in [0.717, 1.165) is 12.1 Å². The third kappa shape index (κ3) is 5.09. The third-order valence-corrected chi connectivity index (χ3v) is 4.80. The number of benzene rings is 2. The van der Waals surface area contributed by atoms with Gasteiger partial charge >= 0.3 is 12.3 Å². The summed E-state index contributed by atoms with van der Waals surface area (Å²) < 4.78 is 49.9. The van der Waals surface area contributed by atoms with Crippen molar-refractivity contribution < 1.29 is 32.2 Å². The highest BCUT2D eigenvalue weighted by Gasteiger charge is 2.38. The number of nitrogens with zero attached hydrogens (tertiary/aromatic N) is 2. The zero-order valence-corrected chi connectivity index (χ0v) is 17.1. The second kappa shape index (κ2) is 9.15. The lowest BCUT2D eigenvalue weighted by Crippen LogP contribution is -2.32. The molecule has 1 saturated heterocycles. The topological polar surface area (TPSA) is 104 Å². The van der Waals surface area contributed by atoms with Crippen LogP contribution in [0.25, 0.3) is 0 Å². The van der Waals surface area contributed by atoms with Crippen LogP contribution in [0.4, 0.5) is 35.0 Å². The maximum absolute atomic E-state index is 13.3. The van der Waals surface area contributed by atoms with E-state index in [1.54, 1.807) is 31.2 Å². The maximum Gasteiger partial charge on any atom is 0.417 e. The van der Waals surface area contributed by atoms with Gasteiger partial charge in [-0.3, -0.25) is 10.1 Å². The Hall–Kier alpha value is -3.78. The molecule has 0 bridgehead atoms. The van der Waals surface area contributed by atoms with Gasteiger partial charge in [-0.2, -0.15) is 18.4 Å². The van der Waals surface area contributed by atoms with Gasteiger partial charge in [0.2, 0.25) is 0 Å². The number of methoxy groups -OCH3 is 1. The van der Waals surface area contributed by atoms with Gasteiger partial charge in [0.05, 0.1) is 30.9 Å². The van der Waals surface area contributed by atoms with E-state index in [2.05, 4.69) is 15.4 Å². The second-order valence-electron chi connectivity index (χ2n) is 6.90. The summed E-state index contributed by atoms with van der Waals surface area (Å²) in [7, 11) is 1.23. The van der Waals surface area contributed by atoms with Crippen LogP contribution >= 0.6 is 0 Å². The molecular weight excluding hydrogens is 429 g/mol. The number of hydrogen-bond donors (Lipinski definition) is 2.